The summed E-state index contributed by atoms with van der Waals surface area (Å²) in [6, 6.07) is 2.14. The van der Waals surface area contributed by atoms with Crippen LogP contribution >= 0.6 is 0 Å². The highest BCUT2D eigenvalue weighted by molar-refractivity contribution is 5.51. The van der Waals surface area contributed by atoms with Crippen LogP contribution in [-0.4, -0.2) is 4.98 Å². The third-order valence-electron chi connectivity index (χ3n) is 1.61. The van der Waals surface area contributed by atoms with Crippen LogP contribution in [0.25, 0.3) is 6.08 Å². The zero-order chi connectivity index (χ0) is 8.27. The van der Waals surface area contributed by atoms with Gasteiger partial charge in [0.2, 0.25) is 0 Å². The van der Waals surface area contributed by atoms with Crippen LogP contribution in [0.5, 0.6) is 0 Å². The Morgan fingerprint density at radius 3 is 2.73 bits per heavy atom. The van der Waals surface area contributed by atoms with E-state index in [0.717, 1.165) is 5.69 Å². The Labute approximate surface area is 67.8 Å². The zero-order valence-corrected chi connectivity index (χ0v) is 7.26. The van der Waals surface area contributed by atoms with Crippen LogP contribution in [0.3, 0.4) is 0 Å². The van der Waals surface area contributed by atoms with Crippen molar-refractivity contribution in [2.24, 2.45) is 0 Å². The van der Waals surface area contributed by atoms with Gasteiger partial charge >= 0.3 is 0 Å². The van der Waals surface area contributed by atoms with E-state index in [1.807, 2.05) is 26.1 Å². The minimum atomic E-state index is 1.09. The molecule has 0 aliphatic heterocycles. The monoisotopic (exact) mass is 147 g/mol. The summed E-state index contributed by atoms with van der Waals surface area (Å²) in [4.78, 5) is 4.25. The van der Waals surface area contributed by atoms with Crippen LogP contribution in [0.4, 0.5) is 0 Å². The molecule has 1 nitrogen and oxygen atoms in total. The summed E-state index contributed by atoms with van der Waals surface area (Å²) in [5, 5.41) is 0. The minimum Gasteiger partial charge on any atom is -0.261 e. The minimum absolute atomic E-state index is 1.09. The van der Waals surface area contributed by atoms with Crippen molar-refractivity contribution in [1.82, 2.24) is 4.98 Å². The molecule has 0 saturated carbocycles. The first-order valence-electron chi connectivity index (χ1n) is 3.80. The maximum absolute atomic E-state index is 4.25. The molecule has 0 radical (unpaired) electrons. The zero-order valence-electron chi connectivity index (χ0n) is 7.26. The number of aromatic nitrogens is 1. The van der Waals surface area contributed by atoms with Gasteiger partial charge in [0.25, 0.3) is 0 Å². The topological polar surface area (TPSA) is 12.9 Å². The van der Waals surface area contributed by atoms with Crippen molar-refractivity contribution in [2.45, 2.75) is 20.8 Å². The molecular formula is C10H13N. The predicted molar refractivity (Wildman–Crippen MR) is 48.4 cm³/mol. The summed E-state index contributed by atoms with van der Waals surface area (Å²) < 4.78 is 0. The molecule has 0 saturated heterocycles. The molecule has 0 atom stereocenters. The van der Waals surface area contributed by atoms with Crippen LogP contribution in [-0.2, 0) is 0 Å². The molecular weight excluding hydrogens is 134 g/mol. The smallest absolute Gasteiger partial charge is 0.0444 e. The van der Waals surface area contributed by atoms with Crippen molar-refractivity contribution in [1.29, 1.82) is 0 Å². The lowest BCUT2D eigenvalue weighted by molar-refractivity contribution is 1.16. The van der Waals surface area contributed by atoms with Gasteiger partial charge in [0, 0.05) is 11.9 Å². The van der Waals surface area contributed by atoms with Gasteiger partial charge in [-0.25, -0.2) is 0 Å². The van der Waals surface area contributed by atoms with Gasteiger partial charge in [-0.2, -0.15) is 0 Å². The molecule has 0 bridgehead atoms. The van der Waals surface area contributed by atoms with Gasteiger partial charge in [-0.3, -0.25) is 4.98 Å². The van der Waals surface area contributed by atoms with E-state index in [2.05, 4.69) is 24.1 Å². The fourth-order valence-electron chi connectivity index (χ4n) is 1.01. The fraction of sp³-hybridized carbons (Fsp3) is 0.300. The van der Waals surface area contributed by atoms with Crippen molar-refractivity contribution in [3.8, 4) is 0 Å². The number of nitrogens with zero attached hydrogens (tertiary/aromatic N) is 1. The summed E-state index contributed by atoms with van der Waals surface area (Å²) in [6.45, 7) is 6.09. The Morgan fingerprint density at radius 1 is 1.36 bits per heavy atom. The molecule has 0 spiro atoms. The van der Waals surface area contributed by atoms with E-state index < -0.39 is 0 Å². The average molecular weight is 147 g/mol. The Kier molecular flexibility index (Phi) is 2.42. The maximum Gasteiger partial charge on any atom is 0.0444 e. The molecule has 1 rings (SSSR count). The van der Waals surface area contributed by atoms with E-state index >= 15 is 0 Å². The standard InChI is InChI=1S/C10H13N/c1-4-5-10-6-8(2)7-11-9(10)3/h4-7H,1-3H3. The van der Waals surface area contributed by atoms with Crippen LogP contribution in [0, 0.1) is 13.8 Å². The van der Waals surface area contributed by atoms with Gasteiger partial charge in [0.15, 0.2) is 0 Å². The number of pyridine rings is 1. The number of hydrogen-bond acceptors (Lipinski definition) is 1. The second-order valence-corrected chi connectivity index (χ2v) is 2.69. The number of hydrogen-bond donors (Lipinski definition) is 0. The van der Waals surface area contributed by atoms with Crippen molar-refractivity contribution in [2.75, 3.05) is 0 Å². The van der Waals surface area contributed by atoms with Crippen LogP contribution in [0.2, 0.25) is 0 Å². The van der Waals surface area contributed by atoms with Gasteiger partial charge in [0.1, 0.15) is 0 Å². The number of aryl methyl sites for hydroxylation is 2. The van der Waals surface area contributed by atoms with Gasteiger partial charge in [-0.05, 0) is 38.0 Å². The van der Waals surface area contributed by atoms with Gasteiger partial charge in [-0.1, -0.05) is 12.2 Å². The van der Waals surface area contributed by atoms with Crippen LogP contribution in [0.1, 0.15) is 23.7 Å². The number of rotatable bonds is 1. The molecule has 0 unspecified atom stereocenters. The Hall–Kier alpha value is -1.11. The first-order chi connectivity index (χ1) is 5.24. The second-order valence-electron chi connectivity index (χ2n) is 2.69. The van der Waals surface area contributed by atoms with Crippen LogP contribution in [0.15, 0.2) is 18.3 Å². The normalized spacial score (nSPS) is 10.8. The molecule has 1 aromatic heterocycles. The second kappa shape index (κ2) is 3.33. The maximum atomic E-state index is 4.25. The lowest BCUT2D eigenvalue weighted by atomic mass is 10.1. The summed E-state index contributed by atoms with van der Waals surface area (Å²) >= 11 is 0. The average Bonchev–Trinajstić information content (AvgIpc) is 1.98. The first-order valence-corrected chi connectivity index (χ1v) is 3.80. The van der Waals surface area contributed by atoms with E-state index in [4.69, 9.17) is 0 Å². The fourth-order valence-corrected chi connectivity index (χ4v) is 1.01. The predicted octanol–water partition coefficient (Wildman–Crippen LogP) is 2.73. The van der Waals surface area contributed by atoms with Crippen molar-refractivity contribution in [3.05, 3.63) is 35.2 Å². The van der Waals surface area contributed by atoms with E-state index in [0.29, 0.717) is 0 Å². The van der Waals surface area contributed by atoms with E-state index in [1.165, 1.54) is 11.1 Å². The quantitative estimate of drug-likeness (QED) is 0.595. The molecule has 58 valence electrons. The van der Waals surface area contributed by atoms with Crippen LogP contribution < -0.4 is 0 Å². The van der Waals surface area contributed by atoms with Gasteiger partial charge in [-0.15, -0.1) is 0 Å². The largest absolute Gasteiger partial charge is 0.261 e. The lowest BCUT2D eigenvalue weighted by Crippen LogP contribution is -1.86. The van der Waals surface area contributed by atoms with Gasteiger partial charge in [0.05, 0.1) is 0 Å². The Morgan fingerprint density at radius 2 is 2.09 bits per heavy atom. The SMILES string of the molecule is CC=Cc1cc(C)cnc1C. The molecule has 0 aliphatic rings. The highest BCUT2D eigenvalue weighted by Crippen LogP contribution is 2.08. The molecule has 1 heteroatoms. The van der Waals surface area contributed by atoms with Crippen molar-refractivity contribution < 1.29 is 0 Å². The highest BCUT2D eigenvalue weighted by Gasteiger charge is 1.93. The molecule has 0 aromatic carbocycles. The molecule has 0 aliphatic carbocycles. The summed E-state index contributed by atoms with van der Waals surface area (Å²) in [5.41, 5.74) is 3.52. The lowest BCUT2D eigenvalue weighted by Gasteiger charge is -1.99. The molecule has 1 heterocycles. The third kappa shape index (κ3) is 1.90. The number of allylic oxidation sites excluding steroid dienone is 1. The molecule has 0 amide bonds. The molecule has 1 aromatic rings. The first kappa shape index (κ1) is 7.99. The van der Waals surface area contributed by atoms with Crippen molar-refractivity contribution in [3.63, 3.8) is 0 Å². The third-order valence-corrected chi connectivity index (χ3v) is 1.61. The summed E-state index contributed by atoms with van der Waals surface area (Å²) in [6.07, 6.45) is 6.00. The van der Waals surface area contributed by atoms with E-state index in [9.17, 15) is 0 Å². The molecule has 11 heavy (non-hydrogen) atoms. The van der Waals surface area contributed by atoms with E-state index in [-0.39, 0.29) is 0 Å². The Bertz CT molecular complexity index is 274. The Balaban J connectivity index is 3.12. The van der Waals surface area contributed by atoms with E-state index in [1.54, 1.807) is 0 Å². The molecule has 0 fully saturated rings. The summed E-state index contributed by atoms with van der Waals surface area (Å²) in [5.74, 6) is 0. The highest BCUT2D eigenvalue weighted by atomic mass is 14.7. The molecule has 0 N–H and O–H groups in total. The summed E-state index contributed by atoms with van der Waals surface area (Å²) in [7, 11) is 0. The van der Waals surface area contributed by atoms with Gasteiger partial charge < -0.3 is 0 Å². The van der Waals surface area contributed by atoms with Crippen molar-refractivity contribution >= 4 is 6.08 Å².